The van der Waals surface area contributed by atoms with Crippen molar-refractivity contribution in [3.05, 3.63) is 71.3 Å². The Morgan fingerprint density at radius 2 is 1.91 bits per heavy atom. The SMILES string of the molecule is O=C(O)CN1CCC(O)(CC2CC(c3ccc(C=NNCCc4ccccc4)cc3)NO2)CC1. The summed E-state index contributed by atoms with van der Waals surface area (Å²) in [6.07, 6.45) is 5.16. The van der Waals surface area contributed by atoms with Crippen molar-refractivity contribution in [2.24, 2.45) is 5.10 Å². The Kier molecular flexibility index (Phi) is 8.29. The van der Waals surface area contributed by atoms with Crippen LogP contribution in [0.2, 0.25) is 0 Å². The molecule has 0 saturated carbocycles. The van der Waals surface area contributed by atoms with Crippen molar-refractivity contribution in [2.45, 2.75) is 49.9 Å². The number of nitrogens with one attached hydrogen (secondary N) is 2. The first-order valence-corrected chi connectivity index (χ1v) is 12.0. The van der Waals surface area contributed by atoms with Gasteiger partial charge in [0.25, 0.3) is 0 Å². The lowest BCUT2D eigenvalue weighted by molar-refractivity contribution is -0.140. The van der Waals surface area contributed by atoms with Crippen molar-refractivity contribution in [2.75, 3.05) is 26.2 Å². The second kappa shape index (κ2) is 11.6. The number of nitrogens with zero attached hydrogens (tertiary/aromatic N) is 2. The molecular formula is C26H34N4O4. The van der Waals surface area contributed by atoms with Gasteiger partial charge < -0.3 is 15.6 Å². The second-order valence-electron chi connectivity index (χ2n) is 9.31. The molecule has 0 aliphatic carbocycles. The molecule has 34 heavy (non-hydrogen) atoms. The lowest BCUT2D eigenvalue weighted by Gasteiger charge is -2.38. The molecule has 8 nitrogen and oxygen atoms in total. The van der Waals surface area contributed by atoms with Crippen LogP contribution in [0.3, 0.4) is 0 Å². The first kappa shape index (κ1) is 24.3. The number of carboxylic acids is 1. The van der Waals surface area contributed by atoms with Gasteiger partial charge in [0.1, 0.15) is 0 Å². The predicted molar refractivity (Wildman–Crippen MR) is 130 cm³/mol. The number of piperidine rings is 1. The van der Waals surface area contributed by atoms with E-state index >= 15 is 0 Å². The van der Waals surface area contributed by atoms with Gasteiger partial charge >= 0.3 is 5.97 Å². The molecule has 182 valence electrons. The average molecular weight is 467 g/mol. The van der Waals surface area contributed by atoms with Gasteiger partial charge in [-0.05, 0) is 42.4 Å². The van der Waals surface area contributed by atoms with Gasteiger partial charge in [0.05, 0.1) is 30.5 Å². The normalized spacial score (nSPS) is 22.7. The molecule has 2 aromatic carbocycles. The second-order valence-corrected chi connectivity index (χ2v) is 9.31. The number of rotatable bonds is 10. The van der Waals surface area contributed by atoms with E-state index in [1.807, 2.05) is 41.4 Å². The predicted octanol–water partition coefficient (Wildman–Crippen LogP) is 2.49. The summed E-state index contributed by atoms with van der Waals surface area (Å²) >= 11 is 0. The minimum Gasteiger partial charge on any atom is -0.480 e. The standard InChI is InChI=1S/C26H34N4O4/c31-25(32)19-30-14-11-26(33,12-15-30)17-23-16-24(29-34-23)22-8-6-21(7-9-22)18-28-27-13-10-20-4-2-1-3-5-20/h1-9,18,23-24,27,29,33H,10-17,19H2,(H,31,32). The first-order chi connectivity index (χ1) is 16.5. The summed E-state index contributed by atoms with van der Waals surface area (Å²) in [4.78, 5) is 18.5. The monoisotopic (exact) mass is 466 g/mol. The van der Waals surface area contributed by atoms with Crippen LogP contribution < -0.4 is 10.9 Å². The lowest BCUT2D eigenvalue weighted by Crippen LogP contribution is -2.47. The Morgan fingerprint density at radius 3 is 2.62 bits per heavy atom. The summed E-state index contributed by atoms with van der Waals surface area (Å²) < 4.78 is 0. The molecule has 8 heteroatoms. The third kappa shape index (κ3) is 7.11. The fourth-order valence-electron chi connectivity index (χ4n) is 4.66. The molecule has 0 amide bonds. The highest BCUT2D eigenvalue weighted by atomic mass is 16.7. The Balaban J connectivity index is 1.19. The van der Waals surface area contributed by atoms with Gasteiger partial charge in [0.2, 0.25) is 0 Å². The Bertz CT molecular complexity index is 943. The molecule has 2 atom stereocenters. The highest BCUT2D eigenvalue weighted by molar-refractivity contribution is 5.79. The van der Waals surface area contributed by atoms with Gasteiger partial charge in [-0.2, -0.15) is 10.6 Å². The van der Waals surface area contributed by atoms with Crippen LogP contribution in [-0.2, 0) is 16.1 Å². The molecule has 2 fully saturated rings. The van der Waals surface area contributed by atoms with Crippen LogP contribution in [0, 0.1) is 0 Å². The fraction of sp³-hybridized carbons (Fsp3) is 0.462. The van der Waals surface area contributed by atoms with Gasteiger partial charge in [-0.25, -0.2) is 0 Å². The summed E-state index contributed by atoms with van der Waals surface area (Å²) in [6, 6.07) is 18.6. The first-order valence-electron chi connectivity index (χ1n) is 12.0. The number of hydrogen-bond donors (Lipinski definition) is 4. The molecule has 4 rings (SSSR count). The molecule has 2 unspecified atom stereocenters. The average Bonchev–Trinajstić information content (AvgIpc) is 3.29. The van der Waals surface area contributed by atoms with Gasteiger partial charge in [0.15, 0.2) is 0 Å². The fourth-order valence-corrected chi connectivity index (χ4v) is 4.66. The van der Waals surface area contributed by atoms with Gasteiger partial charge in [-0.15, -0.1) is 0 Å². The zero-order chi connectivity index (χ0) is 23.8. The highest BCUT2D eigenvalue weighted by Crippen LogP contribution is 2.34. The van der Waals surface area contributed by atoms with Crippen molar-refractivity contribution in [3.63, 3.8) is 0 Å². The van der Waals surface area contributed by atoms with Gasteiger partial charge in [-0.1, -0.05) is 54.6 Å². The number of carbonyl (C=O) groups is 1. The lowest BCUT2D eigenvalue weighted by atomic mass is 9.84. The molecule has 0 spiro atoms. The van der Waals surface area contributed by atoms with E-state index in [4.69, 9.17) is 9.94 Å². The summed E-state index contributed by atoms with van der Waals surface area (Å²) in [7, 11) is 0. The Labute approximate surface area is 200 Å². The highest BCUT2D eigenvalue weighted by Gasteiger charge is 2.38. The van der Waals surface area contributed by atoms with Crippen molar-refractivity contribution in [3.8, 4) is 0 Å². The number of hydrogen-bond acceptors (Lipinski definition) is 7. The van der Waals surface area contributed by atoms with E-state index in [1.165, 1.54) is 5.56 Å². The van der Waals surface area contributed by atoms with Crippen molar-refractivity contribution in [1.82, 2.24) is 15.8 Å². The van der Waals surface area contributed by atoms with Crippen molar-refractivity contribution >= 4 is 12.2 Å². The zero-order valence-corrected chi connectivity index (χ0v) is 19.4. The topological polar surface area (TPSA) is 106 Å². The maximum Gasteiger partial charge on any atom is 0.317 e. The van der Waals surface area contributed by atoms with E-state index in [2.05, 4.69) is 40.3 Å². The van der Waals surface area contributed by atoms with Crippen LogP contribution in [0.1, 0.15) is 48.4 Å². The number of hydroxylamine groups is 1. The van der Waals surface area contributed by atoms with E-state index < -0.39 is 11.6 Å². The molecule has 2 heterocycles. The molecule has 0 radical (unpaired) electrons. The number of aliphatic carboxylic acids is 1. The number of likely N-dealkylation sites (tertiary alicyclic amines) is 1. The van der Waals surface area contributed by atoms with Crippen LogP contribution in [-0.4, -0.2) is 65.2 Å². The summed E-state index contributed by atoms with van der Waals surface area (Å²) in [6.45, 7) is 2.00. The minimum absolute atomic E-state index is 0.0318. The summed E-state index contributed by atoms with van der Waals surface area (Å²) in [5.41, 5.74) is 8.85. The van der Waals surface area contributed by atoms with Crippen LogP contribution in [0.4, 0.5) is 0 Å². The minimum atomic E-state index is -0.826. The van der Waals surface area contributed by atoms with Crippen molar-refractivity contribution < 1.29 is 19.8 Å². The third-order valence-corrected chi connectivity index (χ3v) is 6.64. The van der Waals surface area contributed by atoms with Crippen LogP contribution in [0.15, 0.2) is 59.7 Å². The Hall–Kier alpha value is -2.78. The molecule has 2 aromatic rings. The molecule has 2 aliphatic heterocycles. The summed E-state index contributed by atoms with van der Waals surface area (Å²) in [5, 5.41) is 24.2. The van der Waals surface area contributed by atoms with Gasteiger partial charge in [0, 0.05) is 26.1 Å². The number of carboxylic acid groups (broad SMARTS) is 1. The van der Waals surface area contributed by atoms with Crippen LogP contribution in [0.5, 0.6) is 0 Å². The quantitative estimate of drug-likeness (QED) is 0.242. The van der Waals surface area contributed by atoms with Gasteiger partial charge in [-0.3, -0.25) is 14.5 Å². The molecule has 2 aliphatic rings. The maximum absolute atomic E-state index is 11.0. The van der Waals surface area contributed by atoms with E-state index in [0.717, 1.165) is 30.5 Å². The summed E-state index contributed by atoms with van der Waals surface area (Å²) in [5.74, 6) is -0.826. The zero-order valence-electron chi connectivity index (χ0n) is 19.4. The molecular weight excluding hydrogens is 432 g/mol. The number of aliphatic hydroxyl groups is 1. The number of benzene rings is 2. The van der Waals surface area contributed by atoms with E-state index in [9.17, 15) is 9.90 Å². The number of hydrazone groups is 1. The molecule has 4 N–H and O–H groups in total. The molecule has 0 bridgehead atoms. The van der Waals surface area contributed by atoms with Crippen LogP contribution >= 0.6 is 0 Å². The smallest absolute Gasteiger partial charge is 0.317 e. The maximum atomic E-state index is 11.0. The molecule has 2 saturated heterocycles. The van der Waals surface area contributed by atoms with E-state index in [1.54, 1.807) is 0 Å². The Morgan fingerprint density at radius 1 is 1.18 bits per heavy atom. The van der Waals surface area contributed by atoms with E-state index in [-0.39, 0.29) is 18.7 Å². The largest absolute Gasteiger partial charge is 0.480 e. The molecule has 0 aromatic heterocycles. The third-order valence-electron chi connectivity index (χ3n) is 6.64. The van der Waals surface area contributed by atoms with Crippen LogP contribution in [0.25, 0.3) is 0 Å². The van der Waals surface area contributed by atoms with Crippen molar-refractivity contribution in [1.29, 1.82) is 0 Å². The van der Waals surface area contributed by atoms with E-state index in [0.29, 0.717) is 32.4 Å².